The van der Waals surface area contributed by atoms with E-state index in [1.54, 1.807) is 6.07 Å². The van der Waals surface area contributed by atoms with Gasteiger partial charge >= 0.3 is 0 Å². The van der Waals surface area contributed by atoms with Crippen LogP contribution in [0.4, 0.5) is 4.39 Å². The molecule has 0 saturated heterocycles. The zero-order chi connectivity index (χ0) is 11.6. The molecule has 1 rings (SSSR count). The van der Waals surface area contributed by atoms with Crippen LogP contribution in [0, 0.1) is 12.7 Å². The van der Waals surface area contributed by atoms with Crippen molar-refractivity contribution >= 4 is 0 Å². The Bertz CT molecular complexity index is 343. The Morgan fingerprint density at radius 2 is 1.73 bits per heavy atom. The average Bonchev–Trinajstić information content (AvgIpc) is 2.08. The van der Waals surface area contributed by atoms with Gasteiger partial charge in [0.15, 0.2) is 0 Å². The third-order valence-corrected chi connectivity index (χ3v) is 2.24. The van der Waals surface area contributed by atoms with Gasteiger partial charge in [-0.2, -0.15) is 0 Å². The Balaban J connectivity index is 3.21. The number of halogens is 1. The van der Waals surface area contributed by atoms with Crippen LogP contribution in [0.1, 0.15) is 44.7 Å². The summed E-state index contributed by atoms with van der Waals surface area (Å²) in [6.45, 7) is 9.93. The van der Waals surface area contributed by atoms with Crippen LogP contribution >= 0.6 is 0 Å². The summed E-state index contributed by atoms with van der Waals surface area (Å²) in [5, 5.41) is 0. The molecule has 0 bridgehead atoms. The monoisotopic (exact) mass is 210 g/mol. The van der Waals surface area contributed by atoms with E-state index in [0.29, 0.717) is 0 Å². The molecule has 0 aliphatic rings. The van der Waals surface area contributed by atoms with Gasteiger partial charge < -0.3 is 4.74 Å². The van der Waals surface area contributed by atoms with Crippen LogP contribution in [0.3, 0.4) is 0 Å². The first kappa shape index (κ1) is 12.0. The highest BCUT2D eigenvalue weighted by Crippen LogP contribution is 2.31. The SMILES string of the molecule is Cc1cc(F)cc(C(C)C)c1OC(C)C. The minimum absolute atomic E-state index is 0.117. The molecule has 0 radical (unpaired) electrons. The summed E-state index contributed by atoms with van der Waals surface area (Å²) < 4.78 is 19.0. The summed E-state index contributed by atoms with van der Waals surface area (Å²) >= 11 is 0. The first-order valence-electron chi connectivity index (χ1n) is 5.38. The second kappa shape index (κ2) is 4.65. The Hall–Kier alpha value is -1.05. The molecule has 0 amide bonds. The van der Waals surface area contributed by atoms with Crippen LogP contribution in [-0.2, 0) is 0 Å². The fraction of sp³-hybridized carbons (Fsp3) is 0.538. The molecule has 0 unspecified atom stereocenters. The minimum Gasteiger partial charge on any atom is -0.490 e. The van der Waals surface area contributed by atoms with Gasteiger partial charge in [0.1, 0.15) is 11.6 Å². The Morgan fingerprint density at radius 1 is 1.13 bits per heavy atom. The fourth-order valence-electron chi connectivity index (χ4n) is 1.58. The van der Waals surface area contributed by atoms with Crippen LogP contribution in [0.15, 0.2) is 12.1 Å². The molecule has 0 saturated carbocycles. The number of hydrogen-bond acceptors (Lipinski definition) is 1. The highest BCUT2D eigenvalue weighted by atomic mass is 19.1. The van der Waals surface area contributed by atoms with Crippen molar-refractivity contribution in [2.75, 3.05) is 0 Å². The van der Waals surface area contributed by atoms with E-state index in [9.17, 15) is 4.39 Å². The molecule has 84 valence electrons. The maximum absolute atomic E-state index is 13.3. The zero-order valence-corrected chi connectivity index (χ0v) is 10.1. The van der Waals surface area contributed by atoms with E-state index in [1.165, 1.54) is 6.07 Å². The van der Waals surface area contributed by atoms with Crippen molar-refractivity contribution in [2.24, 2.45) is 0 Å². The average molecular weight is 210 g/mol. The first-order valence-corrected chi connectivity index (χ1v) is 5.38. The summed E-state index contributed by atoms with van der Waals surface area (Å²) in [6, 6.07) is 3.08. The molecule has 1 aromatic carbocycles. The van der Waals surface area contributed by atoms with Crippen molar-refractivity contribution in [3.05, 3.63) is 29.1 Å². The fourth-order valence-corrected chi connectivity index (χ4v) is 1.58. The van der Waals surface area contributed by atoms with Gasteiger partial charge in [0, 0.05) is 0 Å². The molecule has 0 fully saturated rings. The van der Waals surface area contributed by atoms with Gasteiger partial charge in [-0.1, -0.05) is 13.8 Å². The maximum atomic E-state index is 13.3. The van der Waals surface area contributed by atoms with E-state index >= 15 is 0 Å². The molecule has 0 heterocycles. The van der Waals surface area contributed by atoms with Gasteiger partial charge in [0.05, 0.1) is 6.10 Å². The lowest BCUT2D eigenvalue weighted by molar-refractivity contribution is 0.237. The zero-order valence-electron chi connectivity index (χ0n) is 10.1. The number of hydrogen-bond donors (Lipinski definition) is 0. The minimum atomic E-state index is -0.188. The number of aryl methyl sites for hydroxylation is 1. The Kier molecular flexibility index (Phi) is 3.72. The molecule has 1 aromatic rings. The standard InChI is InChI=1S/C13H19FO/c1-8(2)12-7-11(14)6-10(5)13(12)15-9(3)4/h6-9H,1-5H3. The van der Waals surface area contributed by atoms with Gasteiger partial charge in [0.25, 0.3) is 0 Å². The normalized spacial score (nSPS) is 11.2. The van der Waals surface area contributed by atoms with Gasteiger partial charge in [-0.05, 0) is 49.9 Å². The molecular formula is C13H19FO. The van der Waals surface area contributed by atoms with Gasteiger partial charge in [0.2, 0.25) is 0 Å². The lowest BCUT2D eigenvalue weighted by Gasteiger charge is -2.18. The van der Waals surface area contributed by atoms with Crippen molar-refractivity contribution in [1.29, 1.82) is 0 Å². The largest absolute Gasteiger partial charge is 0.490 e. The van der Waals surface area contributed by atoms with Crippen molar-refractivity contribution < 1.29 is 9.13 Å². The van der Waals surface area contributed by atoms with E-state index in [1.807, 2.05) is 34.6 Å². The summed E-state index contributed by atoms with van der Waals surface area (Å²) in [6.07, 6.45) is 0.117. The smallest absolute Gasteiger partial charge is 0.126 e. The highest BCUT2D eigenvalue weighted by Gasteiger charge is 2.13. The van der Waals surface area contributed by atoms with Gasteiger partial charge in [-0.15, -0.1) is 0 Å². The number of benzene rings is 1. The highest BCUT2D eigenvalue weighted by molar-refractivity contribution is 5.43. The molecule has 0 aromatic heterocycles. The topological polar surface area (TPSA) is 9.23 Å². The second-order valence-corrected chi connectivity index (χ2v) is 4.46. The quantitative estimate of drug-likeness (QED) is 0.731. The third-order valence-electron chi connectivity index (χ3n) is 2.24. The summed E-state index contributed by atoms with van der Waals surface area (Å²) in [7, 11) is 0. The number of ether oxygens (including phenoxy) is 1. The van der Waals surface area contributed by atoms with Gasteiger partial charge in [-0.25, -0.2) is 4.39 Å². The molecular weight excluding hydrogens is 191 g/mol. The maximum Gasteiger partial charge on any atom is 0.126 e. The van der Waals surface area contributed by atoms with E-state index in [0.717, 1.165) is 16.9 Å². The van der Waals surface area contributed by atoms with E-state index < -0.39 is 0 Å². The Labute approximate surface area is 91.3 Å². The summed E-state index contributed by atoms with van der Waals surface area (Å²) in [4.78, 5) is 0. The van der Waals surface area contributed by atoms with E-state index in [2.05, 4.69) is 0 Å². The van der Waals surface area contributed by atoms with Crippen LogP contribution in [0.2, 0.25) is 0 Å². The molecule has 0 aliphatic carbocycles. The molecule has 0 N–H and O–H groups in total. The molecule has 0 atom stereocenters. The molecule has 0 aliphatic heterocycles. The van der Waals surface area contributed by atoms with Crippen molar-refractivity contribution in [1.82, 2.24) is 0 Å². The lowest BCUT2D eigenvalue weighted by atomic mass is 9.99. The van der Waals surface area contributed by atoms with Gasteiger partial charge in [-0.3, -0.25) is 0 Å². The van der Waals surface area contributed by atoms with E-state index in [-0.39, 0.29) is 17.8 Å². The number of rotatable bonds is 3. The Morgan fingerprint density at radius 3 is 2.20 bits per heavy atom. The van der Waals surface area contributed by atoms with Crippen LogP contribution < -0.4 is 4.74 Å². The molecule has 2 heteroatoms. The van der Waals surface area contributed by atoms with Crippen molar-refractivity contribution in [2.45, 2.75) is 46.6 Å². The van der Waals surface area contributed by atoms with Crippen LogP contribution in [0.5, 0.6) is 5.75 Å². The van der Waals surface area contributed by atoms with Crippen LogP contribution in [-0.4, -0.2) is 6.10 Å². The second-order valence-electron chi connectivity index (χ2n) is 4.46. The summed E-state index contributed by atoms with van der Waals surface area (Å²) in [5.74, 6) is 0.918. The van der Waals surface area contributed by atoms with Crippen LogP contribution in [0.25, 0.3) is 0 Å². The molecule has 1 nitrogen and oxygen atoms in total. The van der Waals surface area contributed by atoms with Crippen molar-refractivity contribution in [3.8, 4) is 5.75 Å². The lowest BCUT2D eigenvalue weighted by Crippen LogP contribution is -2.09. The van der Waals surface area contributed by atoms with Crippen molar-refractivity contribution in [3.63, 3.8) is 0 Å². The first-order chi connectivity index (χ1) is 6.91. The molecule has 0 spiro atoms. The predicted octanol–water partition coefficient (Wildman–Crippen LogP) is 4.04. The van der Waals surface area contributed by atoms with E-state index in [4.69, 9.17) is 4.74 Å². The predicted molar refractivity (Wildman–Crippen MR) is 61.0 cm³/mol. The molecule has 15 heavy (non-hydrogen) atoms. The summed E-state index contributed by atoms with van der Waals surface area (Å²) in [5.41, 5.74) is 1.81. The third kappa shape index (κ3) is 2.95.